The van der Waals surface area contributed by atoms with E-state index in [9.17, 15) is 10.1 Å². The van der Waals surface area contributed by atoms with Crippen LogP contribution >= 0.6 is 22.9 Å². The number of fused-ring (bicyclic) bond motifs is 1. The first kappa shape index (κ1) is 21.5. The van der Waals surface area contributed by atoms with Gasteiger partial charge >= 0.3 is 0 Å². The third kappa shape index (κ3) is 5.13. The number of hydrogen-bond acceptors (Lipinski definition) is 5. The second-order valence-electron chi connectivity index (χ2n) is 8.32. The summed E-state index contributed by atoms with van der Waals surface area (Å²) < 4.78 is 0. The second kappa shape index (κ2) is 8.80. The molecule has 0 aliphatic carbocycles. The average Bonchev–Trinajstić information content (AvgIpc) is 3.27. The number of carbonyl (C=O) groups excluding carboxylic acids is 1. The molecule has 0 saturated heterocycles. The number of carbonyl (C=O) groups is 1. The number of hydrogen-bond donors (Lipinski definition) is 1. The van der Waals surface area contributed by atoms with Crippen molar-refractivity contribution < 1.29 is 4.79 Å². The smallest absolute Gasteiger partial charge is 0.230 e. The summed E-state index contributed by atoms with van der Waals surface area (Å²) in [7, 11) is 0. The van der Waals surface area contributed by atoms with Crippen molar-refractivity contribution in [3.05, 3.63) is 80.8 Å². The van der Waals surface area contributed by atoms with Crippen molar-refractivity contribution >= 4 is 34.0 Å². The lowest BCUT2D eigenvalue weighted by Gasteiger charge is -2.16. The van der Waals surface area contributed by atoms with Gasteiger partial charge in [-0.1, -0.05) is 48.0 Å². The van der Waals surface area contributed by atoms with Crippen molar-refractivity contribution in [1.82, 2.24) is 9.88 Å². The zero-order valence-electron chi connectivity index (χ0n) is 17.5. The number of rotatable bonds is 6. The van der Waals surface area contributed by atoms with Crippen LogP contribution in [0.15, 0.2) is 48.5 Å². The number of nitriles is 1. The van der Waals surface area contributed by atoms with Crippen LogP contribution in [0.25, 0.3) is 0 Å². The van der Waals surface area contributed by atoms with Crippen molar-refractivity contribution in [3.63, 3.8) is 0 Å². The Balaban J connectivity index is 1.31. The molecule has 0 atom stereocenters. The van der Waals surface area contributed by atoms with Crippen LogP contribution in [0.5, 0.6) is 0 Å². The lowest BCUT2D eigenvalue weighted by atomic mass is 9.86. The molecule has 1 aliphatic heterocycles. The van der Waals surface area contributed by atoms with E-state index in [1.54, 1.807) is 11.3 Å². The van der Waals surface area contributed by atoms with Gasteiger partial charge in [-0.2, -0.15) is 5.26 Å². The second-order valence-corrected chi connectivity index (χ2v) is 9.84. The van der Waals surface area contributed by atoms with Gasteiger partial charge in [-0.3, -0.25) is 9.69 Å². The standard InChI is InChI=1S/C24H23ClN4OS/c1-24(2,15-26)18-7-3-16(4-8-18)11-22(30)28-23-27-20-13-29(14-21(20)31-23)12-17-5-9-19(25)10-6-17/h3-10H,11-14H2,1-2H3,(H,27,28,30). The number of halogens is 1. The van der Waals surface area contributed by atoms with Crippen molar-refractivity contribution in [2.45, 2.75) is 45.3 Å². The highest BCUT2D eigenvalue weighted by Gasteiger charge is 2.24. The van der Waals surface area contributed by atoms with Gasteiger partial charge in [-0.25, -0.2) is 4.98 Å². The Labute approximate surface area is 191 Å². The van der Waals surface area contributed by atoms with Crippen molar-refractivity contribution in [2.75, 3.05) is 5.32 Å². The summed E-state index contributed by atoms with van der Waals surface area (Å²) in [4.78, 5) is 20.6. The molecule has 0 unspecified atom stereocenters. The van der Waals surface area contributed by atoms with Gasteiger partial charge in [0.25, 0.3) is 0 Å². The highest BCUT2D eigenvalue weighted by Crippen LogP contribution is 2.32. The number of thiazole rings is 1. The van der Waals surface area contributed by atoms with Crippen LogP contribution in [0, 0.1) is 11.3 Å². The first-order valence-corrected chi connectivity index (χ1v) is 11.3. The van der Waals surface area contributed by atoms with Gasteiger partial charge in [-0.15, -0.1) is 11.3 Å². The molecular formula is C24H23ClN4OS. The molecule has 0 bridgehead atoms. The van der Waals surface area contributed by atoms with Crippen molar-refractivity contribution in [1.29, 1.82) is 5.26 Å². The Bertz CT molecular complexity index is 1110. The summed E-state index contributed by atoms with van der Waals surface area (Å²) in [6.07, 6.45) is 0.278. The SMILES string of the molecule is CC(C)(C#N)c1ccc(CC(=O)Nc2nc3c(s2)CN(Cc2ccc(Cl)cc2)C3)cc1. The predicted molar refractivity (Wildman–Crippen MR) is 124 cm³/mol. The van der Waals surface area contributed by atoms with E-state index in [0.29, 0.717) is 5.13 Å². The lowest BCUT2D eigenvalue weighted by molar-refractivity contribution is -0.115. The minimum atomic E-state index is -0.538. The molecule has 1 amide bonds. The summed E-state index contributed by atoms with van der Waals surface area (Å²) in [5.74, 6) is -0.0854. The van der Waals surface area contributed by atoms with Gasteiger partial charge in [0.2, 0.25) is 5.91 Å². The van der Waals surface area contributed by atoms with Gasteiger partial charge in [0.15, 0.2) is 5.13 Å². The normalized spacial score (nSPS) is 13.6. The van der Waals surface area contributed by atoms with E-state index in [4.69, 9.17) is 11.6 Å². The third-order valence-corrected chi connectivity index (χ3v) is 6.65. The molecule has 0 saturated carbocycles. The highest BCUT2D eigenvalue weighted by molar-refractivity contribution is 7.15. The number of anilines is 1. The van der Waals surface area contributed by atoms with Gasteiger partial charge in [0.1, 0.15) is 0 Å². The van der Waals surface area contributed by atoms with E-state index in [-0.39, 0.29) is 12.3 Å². The molecule has 3 aromatic rings. The van der Waals surface area contributed by atoms with Crippen LogP contribution in [0.4, 0.5) is 5.13 Å². The van der Waals surface area contributed by atoms with E-state index < -0.39 is 5.41 Å². The monoisotopic (exact) mass is 450 g/mol. The van der Waals surface area contributed by atoms with E-state index in [1.807, 2.05) is 62.4 Å². The van der Waals surface area contributed by atoms with E-state index in [0.717, 1.165) is 41.5 Å². The van der Waals surface area contributed by atoms with Gasteiger partial charge in [-0.05, 0) is 42.7 Å². The highest BCUT2D eigenvalue weighted by atomic mass is 35.5. The number of nitrogens with one attached hydrogen (secondary N) is 1. The molecular weight excluding hydrogens is 428 g/mol. The van der Waals surface area contributed by atoms with Crippen LogP contribution in [-0.4, -0.2) is 15.8 Å². The largest absolute Gasteiger partial charge is 0.302 e. The summed E-state index contributed by atoms with van der Waals surface area (Å²) in [6.45, 7) is 6.22. The number of nitrogens with zero attached hydrogens (tertiary/aromatic N) is 3. The Morgan fingerprint density at radius 3 is 2.48 bits per heavy atom. The summed E-state index contributed by atoms with van der Waals surface area (Å²) in [6, 6.07) is 17.8. The topological polar surface area (TPSA) is 69.0 Å². The molecule has 1 aromatic heterocycles. The minimum absolute atomic E-state index is 0.0854. The van der Waals surface area contributed by atoms with Crippen LogP contribution in [-0.2, 0) is 36.3 Å². The summed E-state index contributed by atoms with van der Waals surface area (Å²) >= 11 is 7.50. The van der Waals surface area contributed by atoms with Crippen LogP contribution in [0.3, 0.4) is 0 Å². The maximum Gasteiger partial charge on any atom is 0.230 e. The first-order chi connectivity index (χ1) is 14.8. The fourth-order valence-corrected chi connectivity index (χ4v) is 4.72. The molecule has 7 heteroatoms. The molecule has 0 fully saturated rings. The molecule has 1 aliphatic rings. The third-order valence-electron chi connectivity index (χ3n) is 5.40. The summed E-state index contributed by atoms with van der Waals surface area (Å²) in [5, 5.41) is 13.6. The lowest BCUT2D eigenvalue weighted by Crippen LogP contribution is -2.17. The molecule has 5 nitrogen and oxygen atoms in total. The minimum Gasteiger partial charge on any atom is -0.302 e. The van der Waals surface area contributed by atoms with Crippen LogP contribution in [0.1, 0.15) is 41.1 Å². The number of aromatic nitrogens is 1. The quantitative estimate of drug-likeness (QED) is 0.553. The first-order valence-electron chi connectivity index (χ1n) is 10.1. The zero-order chi connectivity index (χ0) is 22.0. The molecule has 2 heterocycles. The Morgan fingerprint density at radius 1 is 1.16 bits per heavy atom. The molecule has 0 spiro atoms. The summed E-state index contributed by atoms with van der Waals surface area (Å²) in [5.41, 5.74) is 3.57. The molecule has 31 heavy (non-hydrogen) atoms. The van der Waals surface area contributed by atoms with Gasteiger partial charge in [0, 0.05) is 29.5 Å². The van der Waals surface area contributed by atoms with E-state index in [1.165, 1.54) is 10.4 Å². The molecule has 158 valence electrons. The fraction of sp³-hybridized carbons (Fsp3) is 0.292. The van der Waals surface area contributed by atoms with Crippen molar-refractivity contribution in [3.8, 4) is 6.07 Å². The number of amides is 1. The fourth-order valence-electron chi connectivity index (χ4n) is 3.57. The van der Waals surface area contributed by atoms with Gasteiger partial charge in [0.05, 0.1) is 23.6 Å². The van der Waals surface area contributed by atoms with E-state index >= 15 is 0 Å². The zero-order valence-corrected chi connectivity index (χ0v) is 19.1. The molecule has 0 radical (unpaired) electrons. The van der Waals surface area contributed by atoms with Crippen LogP contribution < -0.4 is 5.32 Å². The Morgan fingerprint density at radius 2 is 1.84 bits per heavy atom. The number of benzene rings is 2. The van der Waals surface area contributed by atoms with Crippen LogP contribution in [0.2, 0.25) is 5.02 Å². The molecule has 1 N–H and O–H groups in total. The Hall–Kier alpha value is -2.72. The Kier molecular flexibility index (Phi) is 6.10. The predicted octanol–water partition coefficient (Wildman–Crippen LogP) is 5.29. The average molecular weight is 451 g/mol. The van der Waals surface area contributed by atoms with Gasteiger partial charge < -0.3 is 5.32 Å². The van der Waals surface area contributed by atoms with E-state index in [2.05, 4.69) is 21.3 Å². The molecule has 4 rings (SSSR count). The molecule has 2 aromatic carbocycles. The maximum absolute atomic E-state index is 12.5. The maximum atomic E-state index is 12.5. The van der Waals surface area contributed by atoms with Crippen molar-refractivity contribution in [2.24, 2.45) is 0 Å².